The first-order valence-electron chi connectivity index (χ1n) is 4.68. The number of rotatable bonds is 3. The molecule has 0 fully saturated rings. The molecule has 0 aromatic heterocycles. The summed E-state index contributed by atoms with van der Waals surface area (Å²) in [4.78, 5) is 0. The lowest BCUT2D eigenvalue weighted by Gasteiger charge is -2.14. The molecule has 0 heterocycles. The molecule has 1 N–H and O–H groups in total. The van der Waals surface area contributed by atoms with Gasteiger partial charge in [0.2, 0.25) is 0 Å². The quantitative estimate of drug-likeness (QED) is 0.863. The number of halogens is 2. The Hall–Kier alpha value is -1.52. The van der Waals surface area contributed by atoms with Crippen molar-refractivity contribution in [2.45, 2.75) is 19.4 Å². The van der Waals surface area contributed by atoms with Crippen molar-refractivity contribution >= 4 is 21.6 Å². The standard InChI is InChI=1S/C12H10BrFN2/c1-3-4-8(2)16-10-6-5-9(7-15)11(13)12(10)14/h1,5-6,8,16H,4H2,2H3. The zero-order chi connectivity index (χ0) is 12.1. The minimum absolute atomic E-state index is 0.0145. The molecule has 16 heavy (non-hydrogen) atoms. The lowest BCUT2D eigenvalue weighted by Crippen LogP contribution is -2.15. The maximum absolute atomic E-state index is 13.7. The van der Waals surface area contributed by atoms with Gasteiger partial charge in [-0.2, -0.15) is 5.26 Å². The second-order valence-corrected chi connectivity index (χ2v) is 4.15. The fourth-order valence-electron chi connectivity index (χ4n) is 1.24. The topological polar surface area (TPSA) is 35.8 Å². The van der Waals surface area contributed by atoms with E-state index in [0.29, 0.717) is 12.1 Å². The van der Waals surface area contributed by atoms with Gasteiger partial charge in [-0.3, -0.25) is 0 Å². The second-order valence-electron chi connectivity index (χ2n) is 3.35. The summed E-state index contributed by atoms with van der Waals surface area (Å²) in [5.74, 6) is 2.03. The molecule has 82 valence electrons. The van der Waals surface area contributed by atoms with Crippen molar-refractivity contribution in [2.24, 2.45) is 0 Å². The summed E-state index contributed by atoms with van der Waals surface area (Å²) >= 11 is 3.04. The molecule has 1 rings (SSSR count). The van der Waals surface area contributed by atoms with Gasteiger partial charge >= 0.3 is 0 Å². The van der Waals surface area contributed by atoms with Crippen LogP contribution in [0.1, 0.15) is 18.9 Å². The van der Waals surface area contributed by atoms with Crippen LogP contribution in [0.2, 0.25) is 0 Å². The first-order chi connectivity index (χ1) is 7.60. The summed E-state index contributed by atoms with van der Waals surface area (Å²) in [6, 6.07) is 4.97. The van der Waals surface area contributed by atoms with Crippen LogP contribution in [0.25, 0.3) is 0 Å². The minimum Gasteiger partial charge on any atom is -0.379 e. The summed E-state index contributed by atoms with van der Waals surface area (Å²) in [7, 11) is 0. The number of anilines is 1. The molecule has 0 spiro atoms. The van der Waals surface area contributed by atoms with Crippen LogP contribution >= 0.6 is 15.9 Å². The normalized spacial score (nSPS) is 11.3. The molecule has 1 unspecified atom stereocenters. The van der Waals surface area contributed by atoms with Crippen LogP contribution in [0, 0.1) is 29.5 Å². The molecule has 0 bridgehead atoms. The number of hydrogen-bond acceptors (Lipinski definition) is 2. The zero-order valence-electron chi connectivity index (χ0n) is 8.72. The third kappa shape index (κ3) is 2.74. The lowest BCUT2D eigenvalue weighted by molar-refractivity contribution is 0.619. The molecule has 1 atom stereocenters. The average molecular weight is 281 g/mol. The SMILES string of the molecule is C#CCC(C)Nc1ccc(C#N)c(Br)c1F. The number of benzene rings is 1. The molecule has 0 saturated heterocycles. The Kier molecular flexibility index (Phi) is 4.34. The number of hydrogen-bond donors (Lipinski definition) is 1. The van der Waals surface area contributed by atoms with Gasteiger partial charge in [0.25, 0.3) is 0 Å². The highest BCUT2D eigenvalue weighted by atomic mass is 79.9. The molecule has 1 aromatic carbocycles. The van der Waals surface area contributed by atoms with Gasteiger partial charge in [0.1, 0.15) is 6.07 Å². The first-order valence-corrected chi connectivity index (χ1v) is 5.47. The van der Waals surface area contributed by atoms with E-state index in [4.69, 9.17) is 11.7 Å². The smallest absolute Gasteiger partial charge is 0.161 e. The third-order valence-electron chi connectivity index (χ3n) is 2.03. The van der Waals surface area contributed by atoms with Gasteiger partial charge < -0.3 is 5.32 Å². The van der Waals surface area contributed by atoms with Crippen LogP contribution < -0.4 is 5.32 Å². The monoisotopic (exact) mass is 280 g/mol. The van der Waals surface area contributed by atoms with Crippen molar-refractivity contribution < 1.29 is 4.39 Å². The largest absolute Gasteiger partial charge is 0.379 e. The van der Waals surface area contributed by atoms with Crippen molar-refractivity contribution in [2.75, 3.05) is 5.32 Å². The van der Waals surface area contributed by atoms with Gasteiger partial charge in [-0.1, -0.05) is 0 Å². The Labute approximate surface area is 103 Å². The van der Waals surface area contributed by atoms with E-state index in [0.717, 1.165) is 0 Å². The summed E-state index contributed by atoms with van der Waals surface area (Å²) < 4.78 is 13.9. The van der Waals surface area contributed by atoms with Gasteiger partial charge in [0, 0.05) is 12.5 Å². The van der Waals surface area contributed by atoms with Crippen LogP contribution in [0.5, 0.6) is 0 Å². The van der Waals surface area contributed by atoms with Crippen molar-refractivity contribution in [3.05, 3.63) is 28.0 Å². The van der Waals surface area contributed by atoms with E-state index in [1.807, 2.05) is 13.0 Å². The third-order valence-corrected chi connectivity index (χ3v) is 2.80. The first kappa shape index (κ1) is 12.5. The Balaban J connectivity index is 2.97. The Bertz CT molecular complexity index is 471. The van der Waals surface area contributed by atoms with Gasteiger partial charge in [-0.05, 0) is 35.0 Å². The number of nitriles is 1. The van der Waals surface area contributed by atoms with Crippen molar-refractivity contribution in [3.63, 3.8) is 0 Å². The second kappa shape index (κ2) is 5.53. The average Bonchev–Trinajstić information content (AvgIpc) is 2.25. The van der Waals surface area contributed by atoms with E-state index in [9.17, 15) is 4.39 Å². The molecular weight excluding hydrogens is 271 g/mol. The molecule has 0 aliphatic heterocycles. The van der Waals surface area contributed by atoms with E-state index in [2.05, 4.69) is 27.2 Å². The summed E-state index contributed by atoms with van der Waals surface area (Å²) in [6.45, 7) is 1.87. The van der Waals surface area contributed by atoms with E-state index >= 15 is 0 Å². The van der Waals surface area contributed by atoms with Gasteiger partial charge in [0.05, 0.1) is 15.7 Å². The van der Waals surface area contributed by atoms with Gasteiger partial charge in [0.15, 0.2) is 5.82 Å². The van der Waals surface area contributed by atoms with Crippen LogP contribution in [0.15, 0.2) is 16.6 Å². The van der Waals surface area contributed by atoms with Gasteiger partial charge in [-0.15, -0.1) is 12.3 Å². The van der Waals surface area contributed by atoms with Gasteiger partial charge in [-0.25, -0.2) is 4.39 Å². The molecule has 0 aliphatic carbocycles. The number of terminal acetylenes is 1. The molecule has 0 radical (unpaired) electrons. The highest BCUT2D eigenvalue weighted by Gasteiger charge is 2.12. The Morgan fingerprint density at radius 2 is 2.31 bits per heavy atom. The van der Waals surface area contributed by atoms with E-state index < -0.39 is 5.82 Å². The van der Waals surface area contributed by atoms with Crippen molar-refractivity contribution in [1.82, 2.24) is 0 Å². The van der Waals surface area contributed by atoms with Crippen LogP contribution in [0.4, 0.5) is 10.1 Å². The maximum Gasteiger partial charge on any atom is 0.161 e. The van der Waals surface area contributed by atoms with E-state index in [-0.39, 0.29) is 16.1 Å². The summed E-state index contributed by atoms with van der Waals surface area (Å²) in [6.07, 6.45) is 5.67. The van der Waals surface area contributed by atoms with Crippen LogP contribution in [-0.4, -0.2) is 6.04 Å². The van der Waals surface area contributed by atoms with Crippen molar-refractivity contribution in [1.29, 1.82) is 5.26 Å². The number of nitrogens with one attached hydrogen (secondary N) is 1. The minimum atomic E-state index is -0.470. The molecule has 4 heteroatoms. The predicted octanol–water partition coefficient (Wildman–Crippen LogP) is 3.28. The number of nitrogens with zero attached hydrogens (tertiary/aromatic N) is 1. The molecule has 0 amide bonds. The summed E-state index contributed by atoms with van der Waals surface area (Å²) in [5, 5.41) is 11.7. The molecule has 1 aromatic rings. The Morgan fingerprint density at radius 1 is 1.62 bits per heavy atom. The summed E-state index contributed by atoms with van der Waals surface area (Å²) in [5.41, 5.74) is 0.612. The van der Waals surface area contributed by atoms with Crippen LogP contribution in [0.3, 0.4) is 0 Å². The lowest BCUT2D eigenvalue weighted by atomic mass is 10.2. The zero-order valence-corrected chi connectivity index (χ0v) is 10.3. The highest BCUT2D eigenvalue weighted by molar-refractivity contribution is 9.10. The molecule has 2 nitrogen and oxygen atoms in total. The van der Waals surface area contributed by atoms with Crippen molar-refractivity contribution in [3.8, 4) is 18.4 Å². The fourth-order valence-corrected chi connectivity index (χ4v) is 1.67. The maximum atomic E-state index is 13.7. The molecular formula is C12H10BrFN2. The molecule has 0 aliphatic rings. The highest BCUT2D eigenvalue weighted by Crippen LogP contribution is 2.27. The predicted molar refractivity (Wildman–Crippen MR) is 65.3 cm³/mol. The molecule has 0 saturated carbocycles. The fraction of sp³-hybridized carbons (Fsp3) is 0.250. The Morgan fingerprint density at radius 3 is 2.88 bits per heavy atom. The van der Waals surface area contributed by atoms with E-state index in [1.54, 1.807) is 6.07 Å². The van der Waals surface area contributed by atoms with E-state index in [1.165, 1.54) is 6.07 Å². The van der Waals surface area contributed by atoms with Crippen LogP contribution in [-0.2, 0) is 0 Å².